The number of aromatic nitrogens is 2. The van der Waals surface area contributed by atoms with Gasteiger partial charge in [-0.25, -0.2) is 4.79 Å². The Morgan fingerprint density at radius 3 is 2.87 bits per heavy atom. The fourth-order valence-electron chi connectivity index (χ4n) is 2.26. The van der Waals surface area contributed by atoms with E-state index in [1.807, 2.05) is 19.2 Å². The Bertz CT molecular complexity index is 882. The molecule has 1 amide bonds. The van der Waals surface area contributed by atoms with Crippen LogP contribution in [0.4, 0.5) is 5.69 Å². The number of aryl methyl sites for hydroxylation is 2. The Kier molecular flexibility index (Phi) is 4.12. The van der Waals surface area contributed by atoms with Crippen molar-refractivity contribution in [2.45, 2.75) is 19.9 Å². The molecule has 0 atom stereocenters. The highest BCUT2D eigenvalue weighted by Crippen LogP contribution is 2.28. The van der Waals surface area contributed by atoms with Crippen LogP contribution in [-0.2, 0) is 11.3 Å². The Balaban J connectivity index is 1.65. The van der Waals surface area contributed by atoms with Gasteiger partial charge in [0.2, 0.25) is 5.91 Å². The minimum atomic E-state index is -0.939. The zero-order valence-electron chi connectivity index (χ0n) is 12.4. The van der Waals surface area contributed by atoms with Crippen LogP contribution < -0.4 is 5.32 Å². The van der Waals surface area contributed by atoms with Gasteiger partial charge in [0.15, 0.2) is 0 Å². The molecule has 3 aromatic rings. The molecule has 2 aromatic heterocycles. The number of aromatic carboxylic acids is 1. The summed E-state index contributed by atoms with van der Waals surface area (Å²) in [5.74, 6) is -1.04. The van der Waals surface area contributed by atoms with Gasteiger partial charge in [0.05, 0.1) is 6.20 Å². The van der Waals surface area contributed by atoms with Crippen LogP contribution in [0.1, 0.15) is 21.7 Å². The number of nitrogens with zero attached hydrogens (tertiary/aromatic N) is 2. The van der Waals surface area contributed by atoms with Gasteiger partial charge < -0.3 is 10.4 Å². The second-order valence-corrected chi connectivity index (χ2v) is 6.33. The lowest BCUT2D eigenvalue weighted by Gasteiger charge is -2.05. The van der Waals surface area contributed by atoms with Gasteiger partial charge in [-0.05, 0) is 42.1 Å². The molecule has 0 unspecified atom stereocenters. The molecular weight excluding hydrogens is 314 g/mol. The van der Waals surface area contributed by atoms with Gasteiger partial charge in [-0.2, -0.15) is 5.10 Å². The first kappa shape index (κ1) is 15.2. The largest absolute Gasteiger partial charge is 0.477 e. The van der Waals surface area contributed by atoms with E-state index in [1.165, 1.54) is 11.3 Å². The van der Waals surface area contributed by atoms with E-state index in [9.17, 15) is 9.59 Å². The predicted octanol–water partition coefficient (Wildman–Crippen LogP) is 3.13. The van der Waals surface area contributed by atoms with E-state index < -0.39 is 5.97 Å². The Labute approximate surface area is 136 Å². The normalized spacial score (nSPS) is 10.8. The quantitative estimate of drug-likeness (QED) is 0.753. The van der Waals surface area contributed by atoms with E-state index in [-0.39, 0.29) is 10.8 Å². The van der Waals surface area contributed by atoms with Crippen molar-refractivity contribution in [3.63, 3.8) is 0 Å². The van der Waals surface area contributed by atoms with E-state index in [0.29, 0.717) is 18.7 Å². The second-order valence-electron chi connectivity index (χ2n) is 5.25. The second kappa shape index (κ2) is 6.21. The first-order valence-corrected chi connectivity index (χ1v) is 7.89. The number of hydrogen-bond acceptors (Lipinski definition) is 4. The molecule has 0 radical (unpaired) electrons. The van der Waals surface area contributed by atoms with Gasteiger partial charge in [0.1, 0.15) is 4.88 Å². The number of anilines is 1. The lowest BCUT2D eigenvalue weighted by atomic mass is 10.2. The van der Waals surface area contributed by atoms with Crippen LogP contribution in [0.2, 0.25) is 0 Å². The summed E-state index contributed by atoms with van der Waals surface area (Å²) >= 11 is 1.22. The van der Waals surface area contributed by atoms with E-state index in [1.54, 1.807) is 29.1 Å². The molecule has 0 saturated heterocycles. The summed E-state index contributed by atoms with van der Waals surface area (Å²) in [6.45, 7) is 2.47. The number of thiophene rings is 1. The lowest BCUT2D eigenvalue weighted by molar-refractivity contribution is -0.116. The van der Waals surface area contributed by atoms with Crippen LogP contribution in [0, 0.1) is 6.92 Å². The SMILES string of the molecule is Cc1cnn(CCC(=O)Nc2ccc3sc(C(=O)O)cc3c2)c1. The van der Waals surface area contributed by atoms with Crippen LogP contribution in [0.15, 0.2) is 36.7 Å². The molecule has 0 spiro atoms. The van der Waals surface area contributed by atoms with Crippen LogP contribution in [-0.4, -0.2) is 26.8 Å². The average Bonchev–Trinajstić information content (AvgIpc) is 3.10. The van der Waals surface area contributed by atoms with Crippen molar-refractivity contribution in [2.75, 3.05) is 5.32 Å². The third kappa shape index (κ3) is 3.57. The van der Waals surface area contributed by atoms with Gasteiger partial charge >= 0.3 is 5.97 Å². The maximum absolute atomic E-state index is 12.0. The zero-order chi connectivity index (χ0) is 16.4. The van der Waals surface area contributed by atoms with Crippen molar-refractivity contribution < 1.29 is 14.7 Å². The maximum atomic E-state index is 12.0. The number of amides is 1. The van der Waals surface area contributed by atoms with Gasteiger partial charge in [0.25, 0.3) is 0 Å². The molecular formula is C16H15N3O3S. The molecule has 0 aliphatic heterocycles. The van der Waals surface area contributed by atoms with Crippen molar-refractivity contribution >= 4 is 39.0 Å². The summed E-state index contributed by atoms with van der Waals surface area (Å²) in [6, 6.07) is 7.00. The average molecular weight is 329 g/mol. The first-order valence-electron chi connectivity index (χ1n) is 7.07. The van der Waals surface area contributed by atoms with Crippen LogP contribution >= 0.6 is 11.3 Å². The molecule has 23 heavy (non-hydrogen) atoms. The number of carbonyl (C=O) groups is 2. The maximum Gasteiger partial charge on any atom is 0.345 e. The minimum Gasteiger partial charge on any atom is -0.477 e. The number of hydrogen-bond donors (Lipinski definition) is 2. The molecule has 0 aliphatic carbocycles. The molecule has 7 heteroatoms. The van der Waals surface area contributed by atoms with Crippen LogP contribution in [0.25, 0.3) is 10.1 Å². The van der Waals surface area contributed by atoms with Crippen molar-refractivity contribution in [1.82, 2.24) is 9.78 Å². The molecule has 0 aliphatic rings. The molecule has 2 heterocycles. The summed E-state index contributed by atoms with van der Waals surface area (Å²) in [5.41, 5.74) is 1.72. The number of rotatable bonds is 5. The standard InChI is InChI=1S/C16H15N3O3S/c1-10-8-17-19(9-10)5-4-15(20)18-12-2-3-13-11(6-12)7-14(23-13)16(21)22/h2-3,6-9H,4-5H2,1H3,(H,18,20)(H,21,22). The van der Waals surface area contributed by atoms with Crippen molar-refractivity contribution in [1.29, 1.82) is 0 Å². The molecule has 0 fully saturated rings. The monoisotopic (exact) mass is 329 g/mol. The highest BCUT2D eigenvalue weighted by molar-refractivity contribution is 7.20. The van der Waals surface area contributed by atoms with Crippen molar-refractivity contribution in [2.24, 2.45) is 0 Å². The molecule has 2 N–H and O–H groups in total. The molecule has 0 saturated carbocycles. The summed E-state index contributed by atoms with van der Waals surface area (Å²) < 4.78 is 2.61. The third-order valence-corrected chi connectivity index (χ3v) is 4.45. The van der Waals surface area contributed by atoms with E-state index in [4.69, 9.17) is 5.11 Å². The van der Waals surface area contributed by atoms with Crippen molar-refractivity contribution in [3.05, 3.63) is 47.1 Å². The zero-order valence-corrected chi connectivity index (χ0v) is 13.3. The fraction of sp³-hybridized carbons (Fsp3) is 0.188. The first-order chi connectivity index (χ1) is 11.0. The number of carbonyl (C=O) groups excluding carboxylic acids is 1. The highest BCUT2D eigenvalue weighted by atomic mass is 32.1. The highest BCUT2D eigenvalue weighted by Gasteiger charge is 2.10. The van der Waals surface area contributed by atoms with Crippen molar-refractivity contribution in [3.8, 4) is 0 Å². The summed E-state index contributed by atoms with van der Waals surface area (Å²) in [5, 5.41) is 16.8. The topological polar surface area (TPSA) is 84.2 Å². The number of fused-ring (bicyclic) bond motifs is 1. The molecule has 1 aromatic carbocycles. The summed E-state index contributed by atoms with van der Waals surface area (Å²) in [6.07, 6.45) is 3.96. The van der Waals surface area contributed by atoms with Gasteiger partial charge in [-0.1, -0.05) is 0 Å². The summed E-state index contributed by atoms with van der Waals surface area (Å²) in [4.78, 5) is 23.3. The number of nitrogens with one attached hydrogen (secondary N) is 1. The van der Waals surface area contributed by atoms with Crippen LogP contribution in [0.5, 0.6) is 0 Å². The van der Waals surface area contributed by atoms with E-state index in [2.05, 4.69) is 10.4 Å². The van der Waals surface area contributed by atoms with Crippen LogP contribution in [0.3, 0.4) is 0 Å². The minimum absolute atomic E-state index is 0.105. The molecule has 6 nitrogen and oxygen atoms in total. The van der Waals surface area contributed by atoms with Gasteiger partial charge in [-0.15, -0.1) is 11.3 Å². The molecule has 0 bridgehead atoms. The predicted molar refractivity (Wildman–Crippen MR) is 89.0 cm³/mol. The number of carboxylic acids is 1. The van der Waals surface area contributed by atoms with Gasteiger partial charge in [0, 0.05) is 29.5 Å². The van der Waals surface area contributed by atoms with E-state index >= 15 is 0 Å². The van der Waals surface area contributed by atoms with Gasteiger partial charge in [-0.3, -0.25) is 9.48 Å². The summed E-state index contributed by atoms with van der Waals surface area (Å²) in [7, 11) is 0. The number of carboxylic acid groups (broad SMARTS) is 1. The third-order valence-electron chi connectivity index (χ3n) is 3.34. The molecule has 118 valence electrons. The fourth-order valence-corrected chi connectivity index (χ4v) is 3.14. The lowest BCUT2D eigenvalue weighted by Crippen LogP contribution is -2.14. The Hall–Kier alpha value is -2.67. The Morgan fingerprint density at radius 1 is 1.35 bits per heavy atom. The molecule has 3 rings (SSSR count). The smallest absolute Gasteiger partial charge is 0.345 e. The van der Waals surface area contributed by atoms with E-state index in [0.717, 1.165) is 15.6 Å². The number of benzene rings is 1. The Morgan fingerprint density at radius 2 is 2.17 bits per heavy atom.